The van der Waals surface area contributed by atoms with E-state index in [9.17, 15) is 62.3 Å². The van der Waals surface area contributed by atoms with Gasteiger partial charge in [0, 0.05) is 24.5 Å². The lowest BCUT2D eigenvalue weighted by molar-refractivity contribution is -0.144. The van der Waals surface area contributed by atoms with Gasteiger partial charge in [-0.3, -0.25) is 9.59 Å². The Morgan fingerprint density at radius 3 is 0.955 bits per heavy atom. The maximum absolute atomic E-state index is 13.5. The molecule has 0 unspecified atom stereocenters. The van der Waals surface area contributed by atoms with Gasteiger partial charge in [-0.15, -0.1) is 0 Å². The van der Waals surface area contributed by atoms with Gasteiger partial charge in [0.2, 0.25) is 0 Å². The van der Waals surface area contributed by atoms with E-state index in [1.165, 1.54) is 0 Å². The minimum atomic E-state index is -5.24. The number of halogens is 12. The van der Waals surface area contributed by atoms with E-state index in [2.05, 4.69) is 0 Å². The summed E-state index contributed by atoms with van der Waals surface area (Å²) in [5.41, 5.74) is -8.30. The van der Waals surface area contributed by atoms with E-state index in [1.54, 1.807) is 13.8 Å². The zero-order valence-corrected chi connectivity index (χ0v) is 23.1. The summed E-state index contributed by atoms with van der Waals surface area (Å²) in [6.45, 7) is 2.55. The molecule has 3 rings (SSSR count). The number of benzene rings is 2. The summed E-state index contributed by atoms with van der Waals surface area (Å²) in [4.78, 5) is 28.5. The van der Waals surface area contributed by atoms with Gasteiger partial charge >= 0.3 is 24.7 Å². The van der Waals surface area contributed by atoms with Crippen molar-refractivity contribution in [1.82, 2.24) is 0 Å². The maximum atomic E-state index is 13.5. The quantitative estimate of drug-likeness (QED) is 0.191. The summed E-state index contributed by atoms with van der Waals surface area (Å²) in [7, 11) is 0. The SMILES string of the molecule is CCCCN(c1cc(C(F)(F)F)cc(C(F)(F)F)c1)C1C(=O)C(N(CCCC)c2cc(C(F)(F)F)cc(C(F)(F)F)c2)C1=O. The summed E-state index contributed by atoms with van der Waals surface area (Å²) >= 11 is 0. The zero-order chi connectivity index (χ0) is 33.4. The number of carbonyl (C=O) groups excluding carboxylic acids is 2. The summed E-state index contributed by atoms with van der Waals surface area (Å²) in [5.74, 6) is -2.20. The minimum absolute atomic E-state index is 0.113. The highest BCUT2D eigenvalue weighted by Crippen LogP contribution is 2.42. The van der Waals surface area contributed by atoms with Crippen molar-refractivity contribution in [3.8, 4) is 0 Å². The fraction of sp³-hybridized carbons (Fsp3) is 0.500. The molecule has 0 aromatic heterocycles. The molecule has 2 aromatic carbocycles. The summed E-state index contributed by atoms with van der Waals surface area (Å²) in [6.07, 6.45) is -20.0. The molecule has 0 heterocycles. The van der Waals surface area contributed by atoms with Gasteiger partial charge in [0.25, 0.3) is 0 Å². The van der Waals surface area contributed by atoms with Crippen LogP contribution in [0.25, 0.3) is 0 Å². The van der Waals surface area contributed by atoms with Gasteiger partial charge in [-0.2, -0.15) is 52.7 Å². The summed E-state index contributed by atoms with van der Waals surface area (Å²) in [6, 6.07) is -2.74. The lowest BCUT2D eigenvalue weighted by atomic mass is 9.79. The topological polar surface area (TPSA) is 40.6 Å². The van der Waals surface area contributed by atoms with Crippen molar-refractivity contribution in [2.24, 2.45) is 0 Å². The maximum Gasteiger partial charge on any atom is 0.416 e. The van der Waals surface area contributed by atoms with Gasteiger partial charge < -0.3 is 9.80 Å². The molecule has 44 heavy (non-hydrogen) atoms. The average molecular weight is 651 g/mol. The van der Waals surface area contributed by atoms with Crippen LogP contribution in [0.2, 0.25) is 0 Å². The van der Waals surface area contributed by atoms with Gasteiger partial charge in [-0.25, -0.2) is 0 Å². The predicted octanol–water partition coefficient (Wildman–Crippen LogP) is 8.56. The van der Waals surface area contributed by atoms with Gasteiger partial charge in [0.05, 0.1) is 22.3 Å². The second-order valence-corrected chi connectivity index (χ2v) is 10.2. The number of hydrogen-bond donors (Lipinski definition) is 0. The van der Waals surface area contributed by atoms with Crippen LogP contribution < -0.4 is 9.80 Å². The molecule has 1 aliphatic rings. The van der Waals surface area contributed by atoms with Crippen LogP contribution in [-0.2, 0) is 34.3 Å². The molecule has 0 saturated heterocycles. The number of rotatable bonds is 10. The van der Waals surface area contributed by atoms with Gasteiger partial charge in [-0.05, 0) is 49.2 Å². The third-order valence-corrected chi connectivity index (χ3v) is 7.01. The number of anilines is 2. The molecule has 1 aliphatic carbocycles. The van der Waals surface area contributed by atoms with Crippen molar-refractivity contribution >= 4 is 22.9 Å². The Morgan fingerprint density at radius 1 is 0.500 bits per heavy atom. The molecule has 2 aromatic rings. The second-order valence-electron chi connectivity index (χ2n) is 10.2. The molecular weight excluding hydrogens is 624 g/mol. The van der Waals surface area contributed by atoms with E-state index in [0.29, 0.717) is 37.1 Å². The highest BCUT2D eigenvalue weighted by Gasteiger charge is 2.55. The van der Waals surface area contributed by atoms with Crippen LogP contribution in [0.15, 0.2) is 36.4 Å². The first-order chi connectivity index (χ1) is 20.1. The highest BCUT2D eigenvalue weighted by atomic mass is 19.4. The molecule has 1 fully saturated rings. The number of carbonyl (C=O) groups is 2. The molecule has 0 radical (unpaired) electrons. The molecule has 1 saturated carbocycles. The van der Waals surface area contributed by atoms with E-state index in [4.69, 9.17) is 0 Å². The van der Waals surface area contributed by atoms with E-state index in [-0.39, 0.29) is 38.1 Å². The Kier molecular flexibility index (Phi) is 9.95. The molecule has 0 N–H and O–H groups in total. The first kappa shape index (κ1) is 35.0. The van der Waals surface area contributed by atoms with Crippen molar-refractivity contribution in [3.05, 3.63) is 58.7 Å². The molecule has 0 atom stereocenters. The van der Waals surface area contributed by atoms with E-state index in [0.717, 1.165) is 9.80 Å². The van der Waals surface area contributed by atoms with Crippen molar-refractivity contribution in [1.29, 1.82) is 0 Å². The number of ketones is 2. The van der Waals surface area contributed by atoms with Crippen molar-refractivity contribution in [2.45, 2.75) is 76.3 Å². The molecule has 0 spiro atoms. The lowest BCUT2D eigenvalue weighted by Gasteiger charge is -2.46. The standard InChI is InChI=1S/C28H26F12N2O2/c1-3-5-7-41(19-11-15(25(29,30)31)9-16(12-19)26(32,33)34)21-23(43)22(24(21)44)42(8-6-4-2)20-13-17(27(35,36)37)10-18(14-20)28(38,39)40/h9-14,21-22H,3-8H2,1-2H3. The van der Waals surface area contributed by atoms with Crippen LogP contribution >= 0.6 is 0 Å². The molecular formula is C28H26F12N2O2. The Hall–Kier alpha value is -3.46. The van der Waals surface area contributed by atoms with Crippen LogP contribution in [0.5, 0.6) is 0 Å². The van der Waals surface area contributed by atoms with E-state index < -0.39 is 82.0 Å². The first-order valence-corrected chi connectivity index (χ1v) is 13.3. The van der Waals surface area contributed by atoms with Crippen molar-refractivity contribution in [3.63, 3.8) is 0 Å². The Labute approximate surface area is 243 Å². The molecule has 16 heteroatoms. The number of Topliss-reactive ketones (excluding diaryl/α,β-unsaturated/α-hetero) is 2. The monoisotopic (exact) mass is 650 g/mol. The van der Waals surface area contributed by atoms with Crippen LogP contribution in [0.1, 0.15) is 61.8 Å². The van der Waals surface area contributed by atoms with Gasteiger partial charge in [-0.1, -0.05) is 26.7 Å². The third-order valence-electron chi connectivity index (χ3n) is 7.01. The third kappa shape index (κ3) is 7.60. The molecule has 0 aliphatic heterocycles. The number of hydrogen-bond acceptors (Lipinski definition) is 4. The first-order valence-electron chi connectivity index (χ1n) is 13.3. The lowest BCUT2D eigenvalue weighted by Crippen LogP contribution is -2.71. The van der Waals surface area contributed by atoms with Crippen molar-refractivity contribution < 1.29 is 62.3 Å². The number of nitrogens with zero attached hydrogens (tertiary/aromatic N) is 2. The summed E-state index contributed by atoms with van der Waals surface area (Å²) < 4.78 is 162. The Bertz CT molecular complexity index is 1180. The predicted molar refractivity (Wildman–Crippen MR) is 135 cm³/mol. The zero-order valence-electron chi connectivity index (χ0n) is 23.1. The smallest absolute Gasteiger partial charge is 0.355 e. The molecule has 4 nitrogen and oxygen atoms in total. The van der Waals surface area contributed by atoms with Crippen molar-refractivity contribution in [2.75, 3.05) is 22.9 Å². The van der Waals surface area contributed by atoms with E-state index in [1.807, 2.05) is 0 Å². The number of unbranched alkanes of at least 4 members (excludes halogenated alkanes) is 2. The highest BCUT2D eigenvalue weighted by molar-refractivity contribution is 6.33. The Balaban J connectivity index is 2.13. The fourth-order valence-electron chi connectivity index (χ4n) is 4.78. The second kappa shape index (κ2) is 12.5. The molecule has 0 bridgehead atoms. The normalized spacial score (nSPS) is 18.0. The van der Waals surface area contributed by atoms with E-state index >= 15 is 0 Å². The average Bonchev–Trinajstić information content (AvgIpc) is 2.90. The minimum Gasteiger partial charge on any atom is -0.355 e. The molecule has 0 amide bonds. The van der Waals surface area contributed by atoms with Gasteiger partial charge in [0.15, 0.2) is 23.7 Å². The van der Waals surface area contributed by atoms with Crippen LogP contribution in [0, 0.1) is 0 Å². The Morgan fingerprint density at radius 2 is 0.750 bits per heavy atom. The van der Waals surface area contributed by atoms with Crippen LogP contribution in [0.3, 0.4) is 0 Å². The fourth-order valence-corrected chi connectivity index (χ4v) is 4.78. The summed E-state index contributed by atoms with van der Waals surface area (Å²) in [5, 5.41) is 0. The van der Waals surface area contributed by atoms with Crippen LogP contribution in [0.4, 0.5) is 64.1 Å². The molecule has 244 valence electrons. The van der Waals surface area contributed by atoms with Crippen LogP contribution in [-0.4, -0.2) is 36.7 Å². The largest absolute Gasteiger partial charge is 0.416 e. The number of alkyl halides is 12. The van der Waals surface area contributed by atoms with Gasteiger partial charge in [0.1, 0.15) is 0 Å².